The third kappa shape index (κ3) is 4.60. The third-order valence-corrected chi connectivity index (χ3v) is 6.79. The van der Waals surface area contributed by atoms with Crippen LogP contribution < -0.4 is 15.0 Å². The molecule has 0 atom stereocenters. The number of hydrogen-bond donors (Lipinski definition) is 0. The number of para-hydroxylation sites is 2. The summed E-state index contributed by atoms with van der Waals surface area (Å²) in [6.07, 6.45) is 3.04. The van der Waals surface area contributed by atoms with Gasteiger partial charge >= 0.3 is 0 Å². The topological polar surface area (TPSA) is 73.1 Å². The summed E-state index contributed by atoms with van der Waals surface area (Å²) in [5, 5.41) is 0. The summed E-state index contributed by atoms with van der Waals surface area (Å²) in [5.41, 5.74) is 0.788. The number of fused-ring (bicyclic) bond motifs is 1. The molecule has 0 saturated carbocycles. The Kier molecular flexibility index (Phi) is 6.53. The Morgan fingerprint density at radius 1 is 1.03 bits per heavy atom. The quantitative estimate of drug-likeness (QED) is 0.261. The fourth-order valence-corrected chi connectivity index (χ4v) is 4.87. The van der Waals surface area contributed by atoms with Crippen LogP contribution in [0.4, 0.5) is 4.39 Å². The first-order valence-corrected chi connectivity index (χ1v) is 12.0. The van der Waals surface area contributed by atoms with Crippen molar-refractivity contribution in [3.63, 3.8) is 0 Å². The molecule has 7 nitrogen and oxygen atoms in total. The number of amides is 1. The van der Waals surface area contributed by atoms with Gasteiger partial charge in [0, 0.05) is 6.20 Å². The molecule has 1 saturated heterocycles. The number of benzene rings is 2. The van der Waals surface area contributed by atoms with Crippen molar-refractivity contribution in [2.75, 3.05) is 7.11 Å². The zero-order chi connectivity index (χ0) is 25.2. The Bertz CT molecular complexity index is 1580. The van der Waals surface area contributed by atoms with E-state index >= 15 is 0 Å². The Morgan fingerprint density at radius 2 is 1.75 bits per heavy atom. The minimum Gasteiger partial charge on any atom is -0.493 e. The summed E-state index contributed by atoms with van der Waals surface area (Å²) in [6, 6.07) is 18.0. The van der Waals surface area contributed by atoms with Gasteiger partial charge in [0.15, 0.2) is 11.5 Å². The highest BCUT2D eigenvalue weighted by atomic mass is 32.2. The first kappa shape index (κ1) is 23.7. The van der Waals surface area contributed by atoms with Gasteiger partial charge in [-0.25, -0.2) is 4.39 Å². The molecule has 1 fully saturated rings. The number of thiocarbonyl (C=S) groups is 1. The molecule has 180 valence electrons. The molecule has 0 spiro atoms. The van der Waals surface area contributed by atoms with Gasteiger partial charge in [-0.3, -0.25) is 18.9 Å². The fourth-order valence-electron chi connectivity index (χ4n) is 3.63. The van der Waals surface area contributed by atoms with Gasteiger partial charge in [0.2, 0.25) is 5.88 Å². The number of nitrogens with zero attached hydrogens (tertiary/aromatic N) is 3. The molecule has 0 bridgehead atoms. The lowest BCUT2D eigenvalue weighted by Gasteiger charge is -2.14. The van der Waals surface area contributed by atoms with Crippen molar-refractivity contribution in [3.05, 3.63) is 105 Å². The molecular weight excluding hydrogens is 501 g/mol. The largest absolute Gasteiger partial charge is 0.493 e. The van der Waals surface area contributed by atoms with Gasteiger partial charge in [-0.05, 0) is 48.0 Å². The van der Waals surface area contributed by atoms with E-state index in [1.807, 2.05) is 0 Å². The van der Waals surface area contributed by atoms with Crippen LogP contribution in [0.15, 0.2) is 82.6 Å². The Balaban J connectivity index is 1.56. The molecule has 1 aliphatic heterocycles. The highest BCUT2D eigenvalue weighted by Crippen LogP contribution is 2.36. The van der Waals surface area contributed by atoms with Crippen molar-refractivity contribution < 1.29 is 18.7 Å². The number of ether oxygens (including phenoxy) is 2. The van der Waals surface area contributed by atoms with Crippen LogP contribution in [0, 0.1) is 5.82 Å². The number of halogens is 1. The first-order chi connectivity index (χ1) is 17.4. The van der Waals surface area contributed by atoms with Crippen molar-refractivity contribution in [1.82, 2.24) is 14.3 Å². The number of methoxy groups -OCH3 is 1. The lowest BCUT2D eigenvalue weighted by molar-refractivity contribution is -0.122. The molecule has 4 aromatic rings. The SMILES string of the molecule is COc1ccccc1Oc1nc2ccccn2c(=O)c1/C=C1/SC(=S)N(Cc2ccc(F)cc2)C1=O. The number of pyridine rings is 1. The lowest BCUT2D eigenvalue weighted by atomic mass is 10.2. The maximum atomic E-state index is 13.4. The predicted molar refractivity (Wildman–Crippen MR) is 140 cm³/mol. The molecule has 0 N–H and O–H groups in total. The van der Waals surface area contributed by atoms with Crippen molar-refractivity contribution in [2.45, 2.75) is 6.54 Å². The van der Waals surface area contributed by atoms with Crippen LogP contribution in [-0.2, 0) is 11.3 Å². The van der Waals surface area contributed by atoms with Crippen molar-refractivity contribution in [2.24, 2.45) is 0 Å². The molecule has 1 amide bonds. The summed E-state index contributed by atoms with van der Waals surface area (Å²) in [7, 11) is 1.51. The molecular formula is C26H18FN3O4S2. The molecule has 2 aromatic heterocycles. The molecule has 0 radical (unpaired) electrons. The second-order valence-electron chi connectivity index (χ2n) is 7.71. The Labute approximate surface area is 214 Å². The summed E-state index contributed by atoms with van der Waals surface area (Å²) in [6.45, 7) is 0.182. The average molecular weight is 520 g/mol. The Hall–Kier alpha value is -4.02. The van der Waals surface area contributed by atoms with E-state index < -0.39 is 5.56 Å². The first-order valence-electron chi connectivity index (χ1n) is 10.8. The normalized spacial score (nSPS) is 14.6. The average Bonchev–Trinajstić information content (AvgIpc) is 3.15. The fraction of sp³-hybridized carbons (Fsp3) is 0.0769. The van der Waals surface area contributed by atoms with E-state index in [0.717, 1.165) is 17.3 Å². The molecule has 2 aromatic carbocycles. The molecule has 5 rings (SSSR count). The number of hydrogen-bond acceptors (Lipinski definition) is 7. The van der Waals surface area contributed by atoms with Crippen LogP contribution >= 0.6 is 24.0 Å². The Morgan fingerprint density at radius 3 is 2.50 bits per heavy atom. The van der Waals surface area contributed by atoms with Gasteiger partial charge in [-0.15, -0.1) is 0 Å². The maximum absolute atomic E-state index is 13.4. The minimum absolute atomic E-state index is 0.0273. The van der Waals surface area contributed by atoms with Gasteiger partial charge in [0.25, 0.3) is 11.5 Å². The molecule has 3 heterocycles. The second kappa shape index (κ2) is 9.92. The van der Waals surface area contributed by atoms with Gasteiger partial charge in [0.05, 0.1) is 18.6 Å². The van der Waals surface area contributed by atoms with E-state index in [1.54, 1.807) is 60.8 Å². The lowest BCUT2D eigenvalue weighted by Crippen LogP contribution is -2.27. The van der Waals surface area contributed by atoms with Gasteiger partial charge < -0.3 is 9.47 Å². The van der Waals surface area contributed by atoms with Crippen LogP contribution in [0.1, 0.15) is 11.1 Å². The van der Waals surface area contributed by atoms with Gasteiger partial charge in [-0.1, -0.05) is 54.3 Å². The number of carbonyl (C=O) groups is 1. The number of thioether (sulfide) groups is 1. The zero-order valence-corrected chi connectivity index (χ0v) is 20.5. The summed E-state index contributed by atoms with van der Waals surface area (Å²) < 4.78 is 26.4. The van der Waals surface area contributed by atoms with E-state index in [4.69, 9.17) is 21.7 Å². The smallest absolute Gasteiger partial charge is 0.269 e. The summed E-state index contributed by atoms with van der Waals surface area (Å²) in [4.78, 5) is 32.8. The number of aromatic nitrogens is 2. The molecule has 0 aliphatic carbocycles. The summed E-state index contributed by atoms with van der Waals surface area (Å²) >= 11 is 6.50. The van der Waals surface area contributed by atoms with Crippen LogP contribution in [0.25, 0.3) is 11.7 Å². The second-order valence-corrected chi connectivity index (χ2v) is 9.39. The number of carbonyl (C=O) groups excluding carboxylic acids is 1. The predicted octanol–water partition coefficient (Wildman–Crippen LogP) is 5.04. The van der Waals surface area contributed by atoms with E-state index in [9.17, 15) is 14.0 Å². The minimum atomic E-state index is -0.408. The van der Waals surface area contributed by atoms with Gasteiger partial charge in [0.1, 0.15) is 21.3 Å². The molecule has 10 heteroatoms. The van der Waals surface area contributed by atoms with E-state index in [2.05, 4.69) is 4.98 Å². The van der Waals surface area contributed by atoms with E-state index in [-0.39, 0.29) is 34.6 Å². The third-order valence-electron chi connectivity index (χ3n) is 5.41. The van der Waals surface area contributed by atoms with Crippen LogP contribution in [-0.4, -0.2) is 31.6 Å². The summed E-state index contributed by atoms with van der Waals surface area (Å²) in [5.74, 6) is 0.125. The number of rotatable bonds is 6. The van der Waals surface area contributed by atoms with Crippen molar-refractivity contribution >= 4 is 45.9 Å². The van der Waals surface area contributed by atoms with Crippen molar-refractivity contribution in [3.8, 4) is 17.4 Å². The van der Waals surface area contributed by atoms with Gasteiger partial charge in [-0.2, -0.15) is 4.98 Å². The molecule has 0 unspecified atom stereocenters. The highest BCUT2D eigenvalue weighted by Gasteiger charge is 2.33. The van der Waals surface area contributed by atoms with E-state index in [0.29, 0.717) is 21.5 Å². The van der Waals surface area contributed by atoms with Crippen LogP contribution in [0.2, 0.25) is 0 Å². The standard InChI is InChI=1S/C26H18FN3O4S2/c1-33-19-6-2-3-7-20(19)34-23-18(24(31)29-13-5-4-8-22(29)28-23)14-21-25(32)30(26(35)36-21)15-16-9-11-17(27)12-10-16/h2-14H,15H2,1H3/b21-14+. The van der Waals surface area contributed by atoms with Crippen molar-refractivity contribution in [1.29, 1.82) is 0 Å². The zero-order valence-electron chi connectivity index (χ0n) is 18.9. The van der Waals surface area contributed by atoms with E-state index in [1.165, 1.54) is 34.6 Å². The molecule has 36 heavy (non-hydrogen) atoms. The highest BCUT2D eigenvalue weighted by molar-refractivity contribution is 8.26. The maximum Gasteiger partial charge on any atom is 0.269 e. The van der Waals surface area contributed by atoms with Crippen LogP contribution in [0.3, 0.4) is 0 Å². The monoisotopic (exact) mass is 519 g/mol. The molecule has 1 aliphatic rings. The van der Waals surface area contributed by atoms with Crippen LogP contribution in [0.5, 0.6) is 17.4 Å².